The van der Waals surface area contributed by atoms with E-state index in [1.807, 2.05) is 0 Å². The van der Waals surface area contributed by atoms with Crippen molar-refractivity contribution in [3.05, 3.63) is 18.2 Å². The van der Waals surface area contributed by atoms with Gasteiger partial charge in [0.1, 0.15) is 12.4 Å². The molecule has 0 atom stereocenters. The average molecular weight is 278 g/mol. The van der Waals surface area contributed by atoms with Crippen molar-refractivity contribution in [3.8, 4) is 0 Å². The fourth-order valence-electron chi connectivity index (χ4n) is 1.47. The molecule has 0 saturated heterocycles. The summed E-state index contributed by atoms with van der Waals surface area (Å²) in [4.78, 5) is 16.8. The third kappa shape index (κ3) is 5.19. The van der Waals surface area contributed by atoms with Crippen LogP contribution >= 0.6 is 0 Å². The van der Waals surface area contributed by atoms with E-state index >= 15 is 0 Å². The summed E-state index contributed by atoms with van der Waals surface area (Å²) in [6.45, 7) is 2.51. The van der Waals surface area contributed by atoms with Crippen LogP contribution < -0.4 is 5.32 Å². The SMILES string of the molecule is CC(C)NC(=O)N(C)Cc1nccn1CC(F)(F)F. The predicted molar refractivity (Wildman–Crippen MR) is 63.4 cm³/mol. The Labute approximate surface area is 109 Å². The van der Waals surface area contributed by atoms with Crippen LogP contribution in [0, 0.1) is 0 Å². The minimum atomic E-state index is -4.31. The van der Waals surface area contributed by atoms with Gasteiger partial charge in [-0.3, -0.25) is 0 Å². The summed E-state index contributed by atoms with van der Waals surface area (Å²) >= 11 is 0. The van der Waals surface area contributed by atoms with Gasteiger partial charge in [-0.25, -0.2) is 9.78 Å². The first kappa shape index (κ1) is 15.3. The Balaban J connectivity index is 2.67. The number of amides is 2. The zero-order valence-corrected chi connectivity index (χ0v) is 11.0. The van der Waals surface area contributed by atoms with E-state index in [1.54, 1.807) is 13.8 Å². The van der Waals surface area contributed by atoms with Crippen LogP contribution in [0.5, 0.6) is 0 Å². The number of aromatic nitrogens is 2. The molecule has 108 valence electrons. The van der Waals surface area contributed by atoms with E-state index in [0.29, 0.717) is 0 Å². The normalized spacial score (nSPS) is 11.7. The number of carbonyl (C=O) groups excluding carboxylic acids is 1. The van der Waals surface area contributed by atoms with Crippen LogP contribution in [-0.2, 0) is 13.1 Å². The molecular weight excluding hydrogens is 261 g/mol. The van der Waals surface area contributed by atoms with E-state index in [9.17, 15) is 18.0 Å². The van der Waals surface area contributed by atoms with Crippen molar-refractivity contribution >= 4 is 6.03 Å². The minimum absolute atomic E-state index is 0.0155. The molecule has 0 aromatic carbocycles. The highest BCUT2D eigenvalue weighted by Crippen LogP contribution is 2.18. The molecule has 19 heavy (non-hydrogen) atoms. The lowest BCUT2D eigenvalue weighted by atomic mass is 10.4. The molecule has 0 saturated carbocycles. The quantitative estimate of drug-likeness (QED) is 0.915. The van der Waals surface area contributed by atoms with E-state index in [2.05, 4.69) is 10.3 Å². The number of halogens is 3. The highest BCUT2D eigenvalue weighted by atomic mass is 19.4. The standard InChI is InChI=1S/C11H17F3N4O/c1-8(2)16-10(19)17(3)6-9-15-4-5-18(9)7-11(12,13)14/h4-5,8H,6-7H2,1-3H3,(H,16,19). The fraction of sp³-hybridized carbons (Fsp3) is 0.636. The molecule has 2 amide bonds. The Bertz CT molecular complexity index is 428. The number of nitrogens with one attached hydrogen (secondary N) is 1. The van der Waals surface area contributed by atoms with Gasteiger partial charge >= 0.3 is 12.2 Å². The Kier molecular flexibility index (Phi) is 4.79. The monoisotopic (exact) mass is 278 g/mol. The zero-order chi connectivity index (χ0) is 14.6. The van der Waals surface area contributed by atoms with Gasteiger partial charge in [-0.2, -0.15) is 13.2 Å². The molecular formula is C11H17F3N4O. The Hall–Kier alpha value is -1.73. The Morgan fingerprint density at radius 3 is 2.68 bits per heavy atom. The summed E-state index contributed by atoms with van der Waals surface area (Å²) in [6, 6.07) is -0.388. The van der Waals surface area contributed by atoms with Crippen molar-refractivity contribution < 1.29 is 18.0 Å². The van der Waals surface area contributed by atoms with Gasteiger partial charge in [0.25, 0.3) is 0 Å². The second kappa shape index (κ2) is 5.94. The molecule has 8 heteroatoms. The molecule has 1 N–H and O–H groups in total. The number of hydrogen-bond donors (Lipinski definition) is 1. The first-order valence-electron chi connectivity index (χ1n) is 5.77. The summed E-state index contributed by atoms with van der Waals surface area (Å²) in [5, 5.41) is 2.65. The maximum absolute atomic E-state index is 12.3. The van der Waals surface area contributed by atoms with Crippen molar-refractivity contribution in [3.63, 3.8) is 0 Å². The number of urea groups is 1. The maximum atomic E-state index is 12.3. The van der Waals surface area contributed by atoms with Crippen LogP contribution in [0.25, 0.3) is 0 Å². The summed E-state index contributed by atoms with van der Waals surface area (Å²) < 4.78 is 38.0. The summed E-state index contributed by atoms with van der Waals surface area (Å²) in [7, 11) is 1.50. The van der Waals surface area contributed by atoms with E-state index in [4.69, 9.17) is 0 Å². The highest BCUT2D eigenvalue weighted by molar-refractivity contribution is 5.73. The molecule has 1 rings (SSSR count). The number of imidazole rings is 1. The molecule has 0 aliphatic heterocycles. The molecule has 1 heterocycles. The number of nitrogens with zero attached hydrogens (tertiary/aromatic N) is 3. The van der Waals surface area contributed by atoms with Crippen LogP contribution in [0.1, 0.15) is 19.7 Å². The van der Waals surface area contributed by atoms with Crippen LogP contribution in [-0.4, -0.2) is 39.7 Å². The van der Waals surface area contributed by atoms with Crippen molar-refractivity contribution in [2.24, 2.45) is 0 Å². The number of rotatable bonds is 4. The zero-order valence-electron chi connectivity index (χ0n) is 11.0. The molecule has 0 unspecified atom stereocenters. The molecule has 0 aliphatic carbocycles. The third-order valence-corrected chi connectivity index (χ3v) is 2.29. The first-order chi connectivity index (χ1) is 8.69. The predicted octanol–water partition coefficient (Wildman–Crippen LogP) is 2.00. The molecule has 1 aromatic heterocycles. The van der Waals surface area contributed by atoms with Gasteiger partial charge < -0.3 is 14.8 Å². The van der Waals surface area contributed by atoms with Gasteiger partial charge in [-0.15, -0.1) is 0 Å². The lowest BCUT2D eigenvalue weighted by Crippen LogP contribution is -2.40. The van der Waals surface area contributed by atoms with Gasteiger partial charge in [0, 0.05) is 25.5 Å². The topological polar surface area (TPSA) is 50.2 Å². The van der Waals surface area contributed by atoms with Crippen LogP contribution in [0.3, 0.4) is 0 Å². The lowest BCUT2D eigenvalue weighted by molar-refractivity contribution is -0.141. The van der Waals surface area contributed by atoms with Crippen molar-refractivity contribution in [2.45, 2.75) is 39.2 Å². The summed E-state index contributed by atoms with van der Waals surface area (Å²) in [6.07, 6.45) is -1.78. The van der Waals surface area contributed by atoms with Gasteiger partial charge in [0.2, 0.25) is 0 Å². The van der Waals surface area contributed by atoms with Crippen molar-refractivity contribution in [1.82, 2.24) is 19.8 Å². The van der Waals surface area contributed by atoms with Crippen LogP contribution in [0.15, 0.2) is 12.4 Å². The second-order valence-electron chi connectivity index (χ2n) is 4.55. The lowest BCUT2D eigenvalue weighted by Gasteiger charge is -2.20. The molecule has 0 bridgehead atoms. The van der Waals surface area contributed by atoms with Crippen LogP contribution in [0.2, 0.25) is 0 Å². The molecule has 0 fully saturated rings. The second-order valence-corrected chi connectivity index (χ2v) is 4.55. The largest absolute Gasteiger partial charge is 0.406 e. The van der Waals surface area contributed by atoms with Crippen LogP contribution in [0.4, 0.5) is 18.0 Å². The third-order valence-electron chi connectivity index (χ3n) is 2.29. The smallest absolute Gasteiger partial charge is 0.336 e. The first-order valence-corrected chi connectivity index (χ1v) is 5.77. The molecule has 0 aliphatic rings. The average Bonchev–Trinajstić information content (AvgIpc) is 2.62. The summed E-state index contributed by atoms with van der Waals surface area (Å²) in [5.41, 5.74) is 0. The summed E-state index contributed by atoms with van der Waals surface area (Å²) in [5.74, 6) is 0.193. The number of alkyl halides is 3. The van der Waals surface area contributed by atoms with E-state index in [-0.39, 0.29) is 24.4 Å². The van der Waals surface area contributed by atoms with Gasteiger partial charge in [0.05, 0.1) is 6.54 Å². The van der Waals surface area contributed by atoms with Gasteiger partial charge in [0.15, 0.2) is 0 Å². The van der Waals surface area contributed by atoms with E-state index in [1.165, 1.54) is 24.3 Å². The maximum Gasteiger partial charge on any atom is 0.406 e. The molecule has 1 aromatic rings. The van der Waals surface area contributed by atoms with Crippen molar-refractivity contribution in [2.75, 3.05) is 7.05 Å². The van der Waals surface area contributed by atoms with Gasteiger partial charge in [-0.1, -0.05) is 0 Å². The fourth-order valence-corrected chi connectivity index (χ4v) is 1.47. The van der Waals surface area contributed by atoms with E-state index in [0.717, 1.165) is 4.57 Å². The number of carbonyl (C=O) groups is 1. The molecule has 0 radical (unpaired) electrons. The van der Waals surface area contributed by atoms with Crippen molar-refractivity contribution in [1.29, 1.82) is 0 Å². The Morgan fingerprint density at radius 2 is 2.16 bits per heavy atom. The Morgan fingerprint density at radius 1 is 1.53 bits per heavy atom. The number of hydrogen-bond acceptors (Lipinski definition) is 2. The molecule has 0 spiro atoms. The molecule has 5 nitrogen and oxygen atoms in total. The van der Waals surface area contributed by atoms with E-state index < -0.39 is 12.7 Å². The van der Waals surface area contributed by atoms with Gasteiger partial charge in [-0.05, 0) is 13.8 Å². The minimum Gasteiger partial charge on any atom is -0.336 e. The highest BCUT2D eigenvalue weighted by Gasteiger charge is 2.29.